The van der Waals surface area contributed by atoms with E-state index in [2.05, 4.69) is 5.32 Å². The molecule has 0 bridgehead atoms. The first-order valence-corrected chi connectivity index (χ1v) is 10.3. The van der Waals surface area contributed by atoms with Gasteiger partial charge in [0.25, 0.3) is 5.91 Å². The Labute approximate surface area is 193 Å². The third-order valence-electron chi connectivity index (χ3n) is 4.93. The maximum absolute atomic E-state index is 12.9. The molecule has 0 atom stereocenters. The molecule has 0 saturated carbocycles. The zero-order valence-corrected chi connectivity index (χ0v) is 18.4. The van der Waals surface area contributed by atoms with Crippen molar-refractivity contribution in [1.29, 1.82) is 0 Å². The van der Waals surface area contributed by atoms with Crippen LogP contribution in [0.15, 0.2) is 66.7 Å². The zero-order chi connectivity index (χ0) is 22.8. The normalized spacial score (nSPS) is 10.8. The summed E-state index contributed by atoms with van der Waals surface area (Å²) in [6.45, 7) is -0.230. The highest BCUT2D eigenvalue weighted by Gasteiger charge is 2.36. The van der Waals surface area contributed by atoms with Crippen molar-refractivity contribution in [1.82, 2.24) is 0 Å². The second kappa shape index (κ2) is 8.90. The molecular formula is C23H19Cl2N3O4+2. The fourth-order valence-corrected chi connectivity index (χ4v) is 3.73. The highest BCUT2D eigenvalue weighted by molar-refractivity contribution is 6.42. The van der Waals surface area contributed by atoms with Crippen molar-refractivity contribution in [3.8, 4) is 23.3 Å². The number of ether oxygens (including phenoxy) is 1. The summed E-state index contributed by atoms with van der Waals surface area (Å²) in [6.07, 6.45) is 0. The molecule has 0 spiro atoms. The monoisotopic (exact) mass is 471 g/mol. The lowest BCUT2D eigenvalue weighted by atomic mass is 10.2. The van der Waals surface area contributed by atoms with Gasteiger partial charge in [-0.15, -0.1) is 0 Å². The van der Waals surface area contributed by atoms with Gasteiger partial charge < -0.3 is 20.3 Å². The summed E-state index contributed by atoms with van der Waals surface area (Å²) in [6, 6.07) is 18.2. The first kappa shape index (κ1) is 21.7. The van der Waals surface area contributed by atoms with Crippen LogP contribution in [0.5, 0.6) is 17.6 Å². The number of aromatic hydroxyl groups is 2. The SMILES string of the molecule is COc1ccccc1NC(=O)C[n+]1c(O)[n+](-c2ccc(Cl)c(Cl)c2)c(O)c2ccccc21. The number of halogens is 2. The second-order valence-corrected chi connectivity index (χ2v) is 7.72. The van der Waals surface area contributed by atoms with Crippen LogP contribution in [-0.4, -0.2) is 23.2 Å². The van der Waals surface area contributed by atoms with Crippen LogP contribution in [0.1, 0.15) is 0 Å². The Morgan fingerprint density at radius 1 is 1.00 bits per heavy atom. The van der Waals surface area contributed by atoms with Gasteiger partial charge in [0.1, 0.15) is 5.75 Å². The van der Waals surface area contributed by atoms with E-state index in [-0.39, 0.29) is 23.5 Å². The predicted molar refractivity (Wildman–Crippen MR) is 121 cm³/mol. The number of methoxy groups -OCH3 is 1. The molecule has 4 rings (SSSR count). The maximum Gasteiger partial charge on any atom is 0.638 e. The molecule has 1 heterocycles. The lowest BCUT2D eigenvalue weighted by Gasteiger charge is -2.09. The molecule has 4 aromatic rings. The number of rotatable bonds is 5. The number of hydrogen-bond donors (Lipinski definition) is 3. The van der Waals surface area contributed by atoms with Gasteiger partial charge in [0.05, 0.1) is 22.8 Å². The van der Waals surface area contributed by atoms with Crippen LogP contribution in [0, 0.1) is 0 Å². The minimum Gasteiger partial charge on any atom is -0.495 e. The molecule has 162 valence electrons. The van der Waals surface area contributed by atoms with Crippen molar-refractivity contribution in [2.24, 2.45) is 0 Å². The van der Waals surface area contributed by atoms with E-state index in [0.29, 0.717) is 33.0 Å². The number of carbonyl (C=O) groups excluding carboxylic acids is 1. The topological polar surface area (TPSA) is 86.5 Å². The average molecular weight is 472 g/mol. The fourth-order valence-electron chi connectivity index (χ4n) is 3.44. The van der Waals surface area contributed by atoms with Crippen LogP contribution < -0.4 is 19.2 Å². The standard InChI is InChI=1S/C23H17Cl2N3O4/c1-32-20-9-5-3-7-18(20)26-21(29)13-27-19-8-4-2-6-15(19)22(30)28(23(27)31)14-10-11-16(24)17(25)12-14/h2-12H,13H2,1H3,(H,26,29)/p+2. The third kappa shape index (κ3) is 4.00. The molecule has 0 aliphatic carbocycles. The van der Waals surface area contributed by atoms with Crippen molar-refractivity contribution in [3.63, 3.8) is 0 Å². The van der Waals surface area contributed by atoms with Gasteiger partial charge in [0, 0.05) is 18.2 Å². The summed E-state index contributed by atoms with van der Waals surface area (Å²) < 4.78 is 7.86. The Morgan fingerprint density at radius 3 is 2.47 bits per heavy atom. The minimum absolute atomic E-state index is 0.210. The predicted octanol–water partition coefficient (Wildman–Crippen LogP) is 3.77. The van der Waals surface area contributed by atoms with E-state index in [0.717, 1.165) is 0 Å². The van der Waals surface area contributed by atoms with Crippen LogP contribution in [0.25, 0.3) is 16.6 Å². The van der Waals surface area contributed by atoms with E-state index < -0.39 is 5.91 Å². The maximum atomic E-state index is 12.9. The van der Waals surface area contributed by atoms with Gasteiger partial charge in [-0.1, -0.05) is 52.0 Å². The number of amides is 1. The van der Waals surface area contributed by atoms with Crippen molar-refractivity contribution in [3.05, 3.63) is 76.8 Å². The highest BCUT2D eigenvalue weighted by atomic mass is 35.5. The summed E-state index contributed by atoms with van der Waals surface area (Å²) in [7, 11) is 1.51. The number of carbonyl (C=O) groups is 1. The smallest absolute Gasteiger partial charge is 0.495 e. The van der Waals surface area contributed by atoms with Gasteiger partial charge >= 0.3 is 11.9 Å². The van der Waals surface area contributed by atoms with Gasteiger partial charge in [-0.05, 0) is 28.8 Å². The van der Waals surface area contributed by atoms with E-state index in [9.17, 15) is 15.0 Å². The Hall–Kier alpha value is -3.55. The zero-order valence-electron chi connectivity index (χ0n) is 16.9. The van der Waals surface area contributed by atoms with E-state index in [1.54, 1.807) is 60.7 Å². The number of nitrogens with zero attached hydrogens (tertiary/aromatic N) is 2. The van der Waals surface area contributed by atoms with E-state index in [1.165, 1.54) is 22.3 Å². The van der Waals surface area contributed by atoms with Gasteiger partial charge in [-0.2, -0.15) is 0 Å². The summed E-state index contributed by atoms with van der Waals surface area (Å²) in [5.74, 6) is -0.0966. The van der Waals surface area contributed by atoms with Gasteiger partial charge in [0.2, 0.25) is 17.7 Å². The number of nitrogens with one attached hydrogen (secondary N) is 1. The first-order chi connectivity index (χ1) is 15.4. The number of para-hydroxylation sites is 3. The van der Waals surface area contributed by atoms with E-state index >= 15 is 0 Å². The Balaban J connectivity index is 1.82. The molecule has 32 heavy (non-hydrogen) atoms. The molecule has 0 aliphatic rings. The number of fused-ring (bicyclic) bond motifs is 1. The fraction of sp³-hybridized carbons (Fsp3) is 0.0870. The molecule has 1 amide bonds. The van der Waals surface area contributed by atoms with Crippen LogP contribution in [0.4, 0.5) is 5.69 Å². The van der Waals surface area contributed by atoms with E-state index in [1.807, 2.05) is 0 Å². The Morgan fingerprint density at radius 2 is 1.72 bits per heavy atom. The molecule has 0 saturated heterocycles. The summed E-state index contributed by atoms with van der Waals surface area (Å²) in [5.41, 5.74) is 1.34. The summed E-state index contributed by atoms with van der Waals surface area (Å²) >= 11 is 12.1. The van der Waals surface area contributed by atoms with Crippen LogP contribution in [0.3, 0.4) is 0 Å². The van der Waals surface area contributed by atoms with E-state index in [4.69, 9.17) is 27.9 Å². The molecule has 9 heteroatoms. The van der Waals surface area contributed by atoms with Gasteiger partial charge in [0.15, 0.2) is 5.39 Å². The molecule has 7 nitrogen and oxygen atoms in total. The van der Waals surface area contributed by atoms with Crippen molar-refractivity contribution < 1.29 is 28.9 Å². The number of anilines is 1. The lowest BCUT2D eigenvalue weighted by Crippen LogP contribution is -2.49. The molecule has 0 radical (unpaired) electrons. The number of benzene rings is 3. The van der Waals surface area contributed by atoms with Crippen LogP contribution >= 0.6 is 23.2 Å². The first-order valence-electron chi connectivity index (χ1n) is 9.57. The molecule has 1 aromatic heterocycles. The van der Waals surface area contributed by atoms with Crippen molar-refractivity contribution >= 4 is 45.7 Å². The summed E-state index contributed by atoms with van der Waals surface area (Å²) in [4.78, 5) is 12.9. The van der Waals surface area contributed by atoms with Gasteiger partial charge in [-0.25, -0.2) is 0 Å². The lowest BCUT2D eigenvalue weighted by molar-refractivity contribution is -0.774. The molecule has 3 N–H and O–H groups in total. The molecular weight excluding hydrogens is 453 g/mol. The summed E-state index contributed by atoms with van der Waals surface area (Å²) in [5, 5.41) is 25.8. The second-order valence-electron chi connectivity index (χ2n) is 6.91. The minimum atomic E-state index is -0.397. The third-order valence-corrected chi connectivity index (χ3v) is 5.67. The quantitative estimate of drug-likeness (QED) is 0.386. The van der Waals surface area contributed by atoms with Crippen LogP contribution in [-0.2, 0) is 11.3 Å². The average Bonchev–Trinajstić information content (AvgIpc) is 2.79. The number of aromatic nitrogens is 2. The van der Waals surface area contributed by atoms with Crippen LogP contribution in [0.2, 0.25) is 10.0 Å². The molecule has 3 aromatic carbocycles. The largest absolute Gasteiger partial charge is 0.638 e. The van der Waals surface area contributed by atoms with Crippen molar-refractivity contribution in [2.45, 2.75) is 6.54 Å². The highest BCUT2D eigenvalue weighted by Crippen LogP contribution is 2.27. The van der Waals surface area contributed by atoms with Gasteiger partial charge in [-0.3, -0.25) is 4.79 Å². The Bertz CT molecular complexity index is 1340. The number of hydrogen-bond acceptors (Lipinski definition) is 4. The molecule has 0 fully saturated rings. The molecule has 0 unspecified atom stereocenters. The Kier molecular flexibility index (Phi) is 6.03. The molecule has 0 aliphatic heterocycles. The van der Waals surface area contributed by atoms with Crippen molar-refractivity contribution in [2.75, 3.05) is 12.4 Å².